The van der Waals surface area contributed by atoms with Gasteiger partial charge in [0.25, 0.3) is 6.01 Å². The van der Waals surface area contributed by atoms with E-state index in [2.05, 4.69) is 10.3 Å². The molecule has 0 bridgehead atoms. The molecule has 2 heterocycles. The molecule has 3 aromatic rings. The second-order valence-electron chi connectivity index (χ2n) is 6.62. The number of aromatic nitrogens is 2. The standard InChI is InChI=1S/C20H22FN3O.ClH/c21-17-7-3-5-15(11-17)13-24-19-9-2-1-8-18(19)23-20(24)25-14-16-6-4-10-22-12-16;/h1-3,5,7-9,11,16,22H,4,6,10,12-14H2;1H. The maximum Gasteiger partial charge on any atom is 0.297 e. The summed E-state index contributed by atoms with van der Waals surface area (Å²) in [7, 11) is 0. The molecule has 0 amide bonds. The van der Waals surface area contributed by atoms with E-state index in [1.165, 1.54) is 18.9 Å². The summed E-state index contributed by atoms with van der Waals surface area (Å²) >= 11 is 0. The van der Waals surface area contributed by atoms with Crippen molar-refractivity contribution in [2.75, 3.05) is 19.7 Å². The van der Waals surface area contributed by atoms with Crippen LogP contribution in [-0.4, -0.2) is 29.2 Å². The zero-order chi connectivity index (χ0) is 17.1. The predicted octanol–water partition coefficient (Wildman–Crippen LogP) is 4.02. The Morgan fingerprint density at radius 3 is 2.88 bits per heavy atom. The van der Waals surface area contributed by atoms with Gasteiger partial charge in [0.05, 0.1) is 24.2 Å². The third-order valence-electron chi connectivity index (χ3n) is 4.70. The zero-order valence-electron chi connectivity index (χ0n) is 14.5. The molecule has 0 spiro atoms. The van der Waals surface area contributed by atoms with Crippen molar-refractivity contribution in [1.29, 1.82) is 0 Å². The molecule has 2 aromatic carbocycles. The summed E-state index contributed by atoms with van der Waals surface area (Å²) in [4.78, 5) is 4.64. The first kappa shape index (κ1) is 18.7. The molecule has 1 saturated heterocycles. The fourth-order valence-electron chi connectivity index (χ4n) is 3.39. The van der Waals surface area contributed by atoms with Crippen LogP contribution >= 0.6 is 12.4 Å². The lowest BCUT2D eigenvalue weighted by atomic mass is 10.0. The average Bonchev–Trinajstić information content (AvgIpc) is 2.99. The Bertz CT molecular complexity index is 861. The Kier molecular flexibility index (Phi) is 6.12. The number of rotatable bonds is 5. The van der Waals surface area contributed by atoms with Gasteiger partial charge in [0.15, 0.2) is 0 Å². The van der Waals surface area contributed by atoms with Crippen molar-refractivity contribution in [1.82, 2.24) is 14.9 Å². The second-order valence-corrected chi connectivity index (χ2v) is 6.62. The van der Waals surface area contributed by atoms with Crippen LogP contribution in [-0.2, 0) is 6.54 Å². The molecule has 1 aliphatic heterocycles. The highest BCUT2D eigenvalue weighted by Crippen LogP contribution is 2.24. The Hall–Kier alpha value is -2.11. The summed E-state index contributed by atoms with van der Waals surface area (Å²) in [6, 6.07) is 15.2. The first-order chi connectivity index (χ1) is 12.3. The quantitative estimate of drug-likeness (QED) is 0.732. The third kappa shape index (κ3) is 4.17. The maximum absolute atomic E-state index is 13.5. The van der Waals surface area contributed by atoms with Gasteiger partial charge in [0, 0.05) is 12.5 Å². The van der Waals surface area contributed by atoms with Crippen LogP contribution in [0.4, 0.5) is 4.39 Å². The van der Waals surface area contributed by atoms with E-state index in [-0.39, 0.29) is 18.2 Å². The van der Waals surface area contributed by atoms with Crippen LogP contribution in [0, 0.1) is 11.7 Å². The smallest absolute Gasteiger partial charge is 0.297 e. The van der Waals surface area contributed by atoms with Crippen LogP contribution in [0.3, 0.4) is 0 Å². The Labute approximate surface area is 158 Å². The van der Waals surface area contributed by atoms with Gasteiger partial charge in [-0.3, -0.25) is 4.57 Å². The second kappa shape index (κ2) is 8.52. The van der Waals surface area contributed by atoms with Gasteiger partial charge in [-0.05, 0) is 49.2 Å². The summed E-state index contributed by atoms with van der Waals surface area (Å²) in [6.07, 6.45) is 2.37. The lowest BCUT2D eigenvalue weighted by molar-refractivity contribution is 0.200. The largest absolute Gasteiger partial charge is 0.464 e. The fourth-order valence-corrected chi connectivity index (χ4v) is 3.39. The minimum atomic E-state index is -0.224. The number of fused-ring (bicyclic) bond motifs is 1. The van der Waals surface area contributed by atoms with E-state index >= 15 is 0 Å². The molecule has 4 rings (SSSR count). The van der Waals surface area contributed by atoms with Gasteiger partial charge in [-0.2, -0.15) is 4.98 Å². The molecule has 0 radical (unpaired) electrons. The monoisotopic (exact) mass is 375 g/mol. The van der Waals surface area contributed by atoms with Crippen molar-refractivity contribution in [2.45, 2.75) is 19.4 Å². The molecule has 1 N–H and O–H groups in total. The number of halogens is 2. The minimum absolute atomic E-state index is 0. The van der Waals surface area contributed by atoms with E-state index in [1.807, 2.05) is 34.9 Å². The number of hydrogen-bond acceptors (Lipinski definition) is 3. The van der Waals surface area contributed by atoms with Crippen molar-refractivity contribution >= 4 is 23.4 Å². The number of ether oxygens (including phenoxy) is 1. The van der Waals surface area contributed by atoms with Crippen LogP contribution in [0.1, 0.15) is 18.4 Å². The summed E-state index contributed by atoms with van der Waals surface area (Å²) in [6.45, 7) is 3.27. The van der Waals surface area contributed by atoms with Gasteiger partial charge < -0.3 is 10.1 Å². The van der Waals surface area contributed by atoms with Gasteiger partial charge >= 0.3 is 0 Å². The first-order valence-electron chi connectivity index (χ1n) is 8.83. The first-order valence-corrected chi connectivity index (χ1v) is 8.83. The molecule has 1 atom stereocenters. The Morgan fingerprint density at radius 2 is 2.08 bits per heavy atom. The summed E-state index contributed by atoms with van der Waals surface area (Å²) in [5.74, 6) is 0.286. The highest BCUT2D eigenvalue weighted by molar-refractivity contribution is 5.85. The number of para-hydroxylation sites is 2. The van der Waals surface area contributed by atoms with Crippen LogP contribution < -0.4 is 10.1 Å². The van der Waals surface area contributed by atoms with E-state index in [9.17, 15) is 4.39 Å². The van der Waals surface area contributed by atoms with Gasteiger partial charge in [0.2, 0.25) is 0 Å². The van der Waals surface area contributed by atoms with Gasteiger partial charge in [-0.1, -0.05) is 24.3 Å². The van der Waals surface area contributed by atoms with E-state index in [0.717, 1.165) is 29.7 Å². The number of nitrogens with zero attached hydrogens (tertiary/aromatic N) is 2. The van der Waals surface area contributed by atoms with Crippen molar-refractivity contribution in [2.24, 2.45) is 5.92 Å². The molecule has 0 saturated carbocycles. The minimum Gasteiger partial charge on any atom is -0.464 e. The van der Waals surface area contributed by atoms with Crippen molar-refractivity contribution < 1.29 is 9.13 Å². The van der Waals surface area contributed by atoms with Crippen molar-refractivity contribution in [3.63, 3.8) is 0 Å². The van der Waals surface area contributed by atoms with Gasteiger partial charge in [-0.15, -0.1) is 12.4 Å². The predicted molar refractivity (Wildman–Crippen MR) is 104 cm³/mol. The number of hydrogen-bond donors (Lipinski definition) is 1. The molecule has 138 valence electrons. The van der Waals surface area contributed by atoms with E-state index < -0.39 is 0 Å². The third-order valence-corrected chi connectivity index (χ3v) is 4.70. The lowest BCUT2D eigenvalue weighted by Crippen LogP contribution is -2.33. The van der Waals surface area contributed by atoms with Gasteiger partial charge in [-0.25, -0.2) is 4.39 Å². The average molecular weight is 376 g/mol. The molecule has 1 aromatic heterocycles. The SMILES string of the molecule is Cl.Fc1cccc(Cn2c(OCC3CCCNC3)nc3ccccc32)c1. The number of nitrogens with one attached hydrogen (secondary N) is 1. The maximum atomic E-state index is 13.5. The van der Waals surface area contributed by atoms with Crippen LogP contribution in [0.5, 0.6) is 6.01 Å². The van der Waals surface area contributed by atoms with Crippen LogP contribution in [0.25, 0.3) is 11.0 Å². The normalized spacial score (nSPS) is 17.0. The molecule has 6 heteroatoms. The summed E-state index contributed by atoms with van der Waals surface area (Å²) in [5, 5.41) is 3.41. The number of piperidine rings is 1. The number of imidazole rings is 1. The van der Waals surface area contributed by atoms with E-state index in [1.54, 1.807) is 12.1 Å². The molecular formula is C20H23ClFN3O. The molecule has 1 aliphatic rings. The fraction of sp³-hybridized carbons (Fsp3) is 0.350. The number of benzene rings is 2. The highest BCUT2D eigenvalue weighted by atomic mass is 35.5. The lowest BCUT2D eigenvalue weighted by Gasteiger charge is -2.22. The van der Waals surface area contributed by atoms with Crippen LogP contribution in [0.15, 0.2) is 48.5 Å². The Morgan fingerprint density at radius 1 is 1.19 bits per heavy atom. The highest BCUT2D eigenvalue weighted by Gasteiger charge is 2.17. The van der Waals surface area contributed by atoms with E-state index in [4.69, 9.17) is 4.74 Å². The molecule has 26 heavy (non-hydrogen) atoms. The topological polar surface area (TPSA) is 39.1 Å². The van der Waals surface area contributed by atoms with Crippen molar-refractivity contribution in [3.05, 3.63) is 59.9 Å². The molecular weight excluding hydrogens is 353 g/mol. The summed E-state index contributed by atoms with van der Waals surface area (Å²) in [5.41, 5.74) is 2.80. The zero-order valence-corrected chi connectivity index (χ0v) is 15.3. The Balaban J connectivity index is 0.00000196. The van der Waals surface area contributed by atoms with E-state index in [0.29, 0.717) is 25.1 Å². The molecule has 1 unspecified atom stereocenters. The molecule has 0 aliphatic carbocycles. The molecule has 4 nitrogen and oxygen atoms in total. The van der Waals surface area contributed by atoms with Crippen molar-refractivity contribution in [3.8, 4) is 6.01 Å². The van der Waals surface area contributed by atoms with Gasteiger partial charge in [0.1, 0.15) is 5.82 Å². The van der Waals surface area contributed by atoms with Crippen LogP contribution in [0.2, 0.25) is 0 Å². The molecule has 1 fully saturated rings. The summed E-state index contributed by atoms with van der Waals surface area (Å²) < 4.78 is 21.6.